The molecule has 2 rings (SSSR count). The van der Waals surface area contributed by atoms with Gasteiger partial charge in [-0.25, -0.2) is 4.98 Å². The molecule has 0 aliphatic heterocycles. The van der Waals surface area contributed by atoms with Crippen LogP contribution in [-0.2, 0) is 0 Å². The molecule has 1 aromatic heterocycles. The molecule has 4 nitrogen and oxygen atoms in total. The van der Waals surface area contributed by atoms with Gasteiger partial charge in [0.15, 0.2) is 0 Å². The number of benzene rings is 1. The maximum Gasteiger partial charge on any atom is 0.267 e. The summed E-state index contributed by atoms with van der Waals surface area (Å²) in [6.07, 6.45) is 1.54. The molecule has 0 unspecified atom stereocenters. The van der Waals surface area contributed by atoms with Crippen LogP contribution in [0.15, 0.2) is 24.4 Å². The summed E-state index contributed by atoms with van der Waals surface area (Å²) >= 11 is 7.29. The van der Waals surface area contributed by atoms with Crippen molar-refractivity contribution in [1.82, 2.24) is 4.98 Å². The van der Waals surface area contributed by atoms with Crippen LogP contribution in [0.1, 0.15) is 14.7 Å². The highest BCUT2D eigenvalue weighted by Crippen LogP contribution is 2.25. The fourth-order valence-electron chi connectivity index (χ4n) is 1.28. The first-order valence-corrected chi connectivity index (χ1v) is 6.04. The van der Waals surface area contributed by atoms with Gasteiger partial charge in [-0.05, 0) is 25.1 Å². The number of nitrogens with zero attached hydrogens (tertiary/aromatic N) is 1. The molecular weight excluding hydrogens is 258 g/mol. The molecular formula is C11H10ClN3OS. The van der Waals surface area contributed by atoms with E-state index in [4.69, 9.17) is 17.3 Å². The number of thiazole rings is 1. The summed E-state index contributed by atoms with van der Waals surface area (Å²) in [4.78, 5) is 16.4. The van der Waals surface area contributed by atoms with Gasteiger partial charge in [-0.15, -0.1) is 11.3 Å². The lowest BCUT2D eigenvalue weighted by Crippen LogP contribution is -2.10. The molecule has 0 saturated heterocycles. The van der Waals surface area contributed by atoms with E-state index in [1.165, 1.54) is 11.3 Å². The van der Waals surface area contributed by atoms with E-state index >= 15 is 0 Å². The number of anilines is 2. The highest BCUT2D eigenvalue weighted by Gasteiger charge is 2.11. The third-order valence-corrected chi connectivity index (χ3v) is 3.31. The van der Waals surface area contributed by atoms with Crippen molar-refractivity contribution < 1.29 is 4.79 Å². The van der Waals surface area contributed by atoms with Gasteiger partial charge in [-0.1, -0.05) is 11.6 Å². The molecule has 0 atom stereocenters. The second-order valence-electron chi connectivity index (χ2n) is 3.44. The maximum absolute atomic E-state index is 11.8. The van der Waals surface area contributed by atoms with Gasteiger partial charge in [0.05, 0.1) is 21.9 Å². The smallest absolute Gasteiger partial charge is 0.267 e. The van der Waals surface area contributed by atoms with E-state index in [0.29, 0.717) is 21.3 Å². The van der Waals surface area contributed by atoms with E-state index < -0.39 is 0 Å². The number of nitrogen functional groups attached to an aromatic ring is 1. The third kappa shape index (κ3) is 2.75. The molecule has 17 heavy (non-hydrogen) atoms. The molecule has 1 amide bonds. The van der Waals surface area contributed by atoms with Crippen LogP contribution in [0.5, 0.6) is 0 Å². The van der Waals surface area contributed by atoms with Crippen LogP contribution in [0.4, 0.5) is 11.4 Å². The summed E-state index contributed by atoms with van der Waals surface area (Å²) in [7, 11) is 0. The first kappa shape index (κ1) is 11.9. The number of amides is 1. The van der Waals surface area contributed by atoms with Crippen LogP contribution in [0.3, 0.4) is 0 Å². The Kier molecular flexibility index (Phi) is 3.31. The predicted octanol–water partition coefficient (Wildman–Crippen LogP) is 2.94. The zero-order chi connectivity index (χ0) is 12.4. The molecule has 0 aliphatic rings. The Balaban J connectivity index is 2.18. The van der Waals surface area contributed by atoms with E-state index in [1.807, 2.05) is 6.92 Å². The van der Waals surface area contributed by atoms with Crippen molar-refractivity contribution in [2.45, 2.75) is 6.92 Å². The largest absolute Gasteiger partial charge is 0.399 e. The highest BCUT2D eigenvalue weighted by atomic mass is 35.5. The zero-order valence-corrected chi connectivity index (χ0v) is 10.6. The van der Waals surface area contributed by atoms with E-state index in [9.17, 15) is 4.79 Å². The number of halogens is 1. The number of hydrogen-bond acceptors (Lipinski definition) is 4. The van der Waals surface area contributed by atoms with E-state index in [1.54, 1.807) is 24.4 Å². The molecule has 2 aromatic rings. The monoisotopic (exact) mass is 267 g/mol. The SMILES string of the molecule is Cc1ncc(C(=O)Nc2ccc(N)cc2Cl)s1. The summed E-state index contributed by atoms with van der Waals surface area (Å²) in [6.45, 7) is 1.84. The maximum atomic E-state index is 11.8. The Hall–Kier alpha value is -1.59. The molecule has 1 aromatic carbocycles. The number of nitrogens with one attached hydrogen (secondary N) is 1. The minimum Gasteiger partial charge on any atom is -0.399 e. The number of hydrogen-bond donors (Lipinski definition) is 2. The number of carbonyl (C=O) groups is 1. The van der Waals surface area contributed by atoms with Crippen molar-refractivity contribution in [2.24, 2.45) is 0 Å². The Morgan fingerprint density at radius 2 is 2.29 bits per heavy atom. The van der Waals surface area contributed by atoms with E-state index in [-0.39, 0.29) is 5.91 Å². The van der Waals surface area contributed by atoms with Crippen molar-refractivity contribution in [2.75, 3.05) is 11.1 Å². The molecule has 0 spiro atoms. The number of aryl methyl sites for hydroxylation is 1. The Morgan fingerprint density at radius 1 is 1.53 bits per heavy atom. The fraction of sp³-hybridized carbons (Fsp3) is 0.0909. The van der Waals surface area contributed by atoms with Gasteiger partial charge in [-0.3, -0.25) is 4.79 Å². The topological polar surface area (TPSA) is 68.0 Å². The number of nitrogens with two attached hydrogens (primary N) is 1. The normalized spacial score (nSPS) is 10.2. The lowest BCUT2D eigenvalue weighted by molar-refractivity contribution is 0.103. The molecule has 0 radical (unpaired) electrons. The second-order valence-corrected chi connectivity index (χ2v) is 5.08. The van der Waals surface area contributed by atoms with E-state index in [2.05, 4.69) is 10.3 Å². The van der Waals surface area contributed by atoms with Crippen molar-refractivity contribution >= 4 is 40.2 Å². The predicted molar refractivity (Wildman–Crippen MR) is 70.7 cm³/mol. The lowest BCUT2D eigenvalue weighted by Gasteiger charge is -2.06. The molecule has 0 fully saturated rings. The van der Waals surface area contributed by atoms with Crippen molar-refractivity contribution in [1.29, 1.82) is 0 Å². The van der Waals surface area contributed by atoms with Gasteiger partial charge in [0, 0.05) is 5.69 Å². The molecule has 0 aliphatic carbocycles. The average molecular weight is 268 g/mol. The third-order valence-electron chi connectivity index (χ3n) is 2.09. The quantitative estimate of drug-likeness (QED) is 0.822. The fourth-order valence-corrected chi connectivity index (χ4v) is 2.19. The molecule has 3 N–H and O–H groups in total. The first-order valence-electron chi connectivity index (χ1n) is 4.85. The summed E-state index contributed by atoms with van der Waals surface area (Å²) in [5.74, 6) is -0.220. The summed E-state index contributed by atoms with van der Waals surface area (Å²) < 4.78 is 0. The van der Waals surface area contributed by atoms with E-state index in [0.717, 1.165) is 5.01 Å². The van der Waals surface area contributed by atoms with Crippen LogP contribution in [0.25, 0.3) is 0 Å². The summed E-state index contributed by atoms with van der Waals surface area (Å²) in [6, 6.07) is 4.94. The standard InChI is InChI=1S/C11H10ClN3OS/c1-6-14-5-10(17-6)11(16)15-9-3-2-7(13)4-8(9)12/h2-5H,13H2,1H3,(H,15,16). The van der Waals surface area contributed by atoms with Crippen LogP contribution in [-0.4, -0.2) is 10.9 Å². The Labute approximate surface area is 107 Å². The lowest BCUT2D eigenvalue weighted by atomic mass is 10.3. The van der Waals surface area contributed by atoms with Crippen LogP contribution >= 0.6 is 22.9 Å². The molecule has 88 valence electrons. The van der Waals surface area contributed by atoms with Gasteiger partial charge < -0.3 is 11.1 Å². The highest BCUT2D eigenvalue weighted by molar-refractivity contribution is 7.13. The molecule has 1 heterocycles. The van der Waals surface area contributed by atoms with Crippen molar-refractivity contribution in [3.63, 3.8) is 0 Å². The van der Waals surface area contributed by atoms with Crippen LogP contribution in [0, 0.1) is 6.92 Å². The van der Waals surface area contributed by atoms with Gasteiger partial charge in [0.25, 0.3) is 5.91 Å². The van der Waals surface area contributed by atoms with Gasteiger partial charge in [0.2, 0.25) is 0 Å². The Bertz CT molecular complexity index is 568. The number of carbonyl (C=O) groups excluding carboxylic acids is 1. The minimum absolute atomic E-state index is 0.220. The molecule has 0 saturated carbocycles. The minimum atomic E-state index is -0.220. The van der Waals surface area contributed by atoms with Gasteiger partial charge >= 0.3 is 0 Å². The van der Waals surface area contributed by atoms with Crippen molar-refractivity contribution in [3.8, 4) is 0 Å². The second kappa shape index (κ2) is 4.73. The number of aromatic nitrogens is 1. The van der Waals surface area contributed by atoms with Gasteiger partial charge in [-0.2, -0.15) is 0 Å². The zero-order valence-electron chi connectivity index (χ0n) is 9.03. The molecule has 6 heteroatoms. The first-order chi connectivity index (χ1) is 8.06. The number of rotatable bonds is 2. The van der Waals surface area contributed by atoms with Crippen LogP contribution in [0.2, 0.25) is 5.02 Å². The van der Waals surface area contributed by atoms with Crippen molar-refractivity contribution in [3.05, 3.63) is 39.3 Å². The summed E-state index contributed by atoms with van der Waals surface area (Å²) in [5, 5.41) is 3.97. The Morgan fingerprint density at radius 3 is 2.88 bits per heavy atom. The summed E-state index contributed by atoms with van der Waals surface area (Å²) in [5.41, 5.74) is 6.66. The van der Waals surface area contributed by atoms with Gasteiger partial charge in [0.1, 0.15) is 4.88 Å². The van der Waals surface area contributed by atoms with Crippen LogP contribution < -0.4 is 11.1 Å². The molecule has 0 bridgehead atoms. The average Bonchev–Trinajstić information content (AvgIpc) is 2.69.